The highest BCUT2D eigenvalue weighted by molar-refractivity contribution is 7.10. The van der Waals surface area contributed by atoms with Gasteiger partial charge in [-0.05, 0) is 0 Å². The van der Waals surface area contributed by atoms with E-state index in [-0.39, 0.29) is 0 Å². The molecule has 0 amide bonds. The minimum atomic E-state index is 0.627. The first kappa shape index (κ1) is 4.80. The summed E-state index contributed by atoms with van der Waals surface area (Å²) in [5.41, 5.74) is 0. The first-order valence-corrected chi connectivity index (χ1v) is 2.72. The summed E-state index contributed by atoms with van der Waals surface area (Å²) in [6.45, 7) is 0. The summed E-state index contributed by atoms with van der Waals surface area (Å²) in [6, 6.07) is 0. The smallest absolute Gasteiger partial charge is 0.216 e. The van der Waals surface area contributed by atoms with E-state index in [1.165, 1.54) is 17.9 Å². The van der Waals surface area contributed by atoms with Gasteiger partial charge >= 0.3 is 0 Å². The summed E-state index contributed by atoms with van der Waals surface area (Å²) in [4.78, 5) is 6.02. The molecule has 5 heteroatoms. The molecule has 0 saturated heterocycles. The second-order valence-electron chi connectivity index (χ2n) is 0.841. The van der Waals surface area contributed by atoms with Crippen LogP contribution in [0.3, 0.4) is 0 Å². The van der Waals surface area contributed by atoms with Crippen molar-refractivity contribution in [1.82, 2.24) is 9.36 Å². The number of rotatable bonds is 1. The molecule has 1 aromatic heterocycles. The van der Waals surface area contributed by atoms with Gasteiger partial charge in [0.05, 0.1) is 0 Å². The third-order valence-electron chi connectivity index (χ3n) is 0.442. The minimum absolute atomic E-state index is 0.627. The van der Waals surface area contributed by atoms with Gasteiger partial charge < -0.3 is 0 Å². The van der Waals surface area contributed by atoms with Crippen LogP contribution < -0.4 is 4.84 Å². The molecule has 1 heterocycles. The predicted octanol–water partition coefficient (Wildman–Crippen LogP) is 1.10. The van der Waals surface area contributed by atoms with Crippen LogP contribution in [-0.2, 0) is 0 Å². The van der Waals surface area contributed by atoms with Crippen LogP contribution in [0.5, 0.6) is 0 Å². The zero-order chi connectivity index (χ0) is 5.11. The molecule has 38 valence electrons. The van der Waals surface area contributed by atoms with E-state index in [1.807, 2.05) is 0 Å². The van der Waals surface area contributed by atoms with Crippen LogP contribution in [0.15, 0.2) is 6.33 Å². The van der Waals surface area contributed by atoms with E-state index in [9.17, 15) is 0 Å². The van der Waals surface area contributed by atoms with Crippen molar-refractivity contribution >= 4 is 28.4 Å². The average Bonchev–Trinajstić information content (AvgIpc) is 2.14. The minimum Gasteiger partial charge on any atom is -0.273 e. The standard InChI is InChI=1S/C2H2ClN3S/c3-6-2-4-1-5-7-2/h1H,(H,4,5,6). The van der Waals surface area contributed by atoms with Crippen molar-refractivity contribution in [2.75, 3.05) is 4.84 Å². The number of nitrogens with zero attached hydrogens (tertiary/aromatic N) is 2. The van der Waals surface area contributed by atoms with Crippen molar-refractivity contribution in [1.29, 1.82) is 0 Å². The summed E-state index contributed by atoms with van der Waals surface area (Å²) in [5, 5.41) is 0.627. The van der Waals surface area contributed by atoms with Crippen LogP contribution in [0.25, 0.3) is 0 Å². The molecular weight excluding hydrogens is 134 g/mol. The maximum atomic E-state index is 5.13. The van der Waals surface area contributed by atoms with Crippen molar-refractivity contribution in [3.05, 3.63) is 6.33 Å². The van der Waals surface area contributed by atoms with E-state index in [1.54, 1.807) is 0 Å². The number of nitrogens with one attached hydrogen (secondary N) is 1. The van der Waals surface area contributed by atoms with E-state index in [0.717, 1.165) is 0 Å². The summed E-state index contributed by atoms with van der Waals surface area (Å²) >= 11 is 6.34. The lowest BCUT2D eigenvalue weighted by Gasteiger charge is -1.78. The van der Waals surface area contributed by atoms with Gasteiger partial charge in [-0.1, -0.05) is 0 Å². The molecule has 0 atom stereocenters. The zero-order valence-electron chi connectivity index (χ0n) is 3.26. The number of aromatic nitrogens is 2. The maximum Gasteiger partial charge on any atom is 0.216 e. The normalized spacial score (nSPS) is 8.71. The fraction of sp³-hybridized carbons (Fsp3) is 0. The van der Waals surface area contributed by atoms with Gasteiger partial charge in [0, 0.05) is 23.3 Å². The Morgan fingerprint density at radius 3 is 3.00 bits per heavy atom. The molecule has 0 fully saturated rings. The van der Waals surface area contributed by atoms with Crippen molar-refractivity contribution in [2.45, 2.75) is 0 Å². The third kappa shape index (κ3) is 1.01. The molecule has 3 nitrogen and oxygen atoms in total. The molecule has 7 heavy (non-hydrogen) atoms. The molecule has 0 radical (unpaired) electrons. The fourth-order valence-corrected chi connectivity index (χ4v) is 0.690. The molecule has 0 aliphatic rings. The van der Waals surface area contributed by atoms with E-state index >= 15 is 0 Å². The quantitative estimate of drug-likeness (QED) is 0.586. The first-order valence-electron chi connectivity index (χ1n) is 1.57. The first-order chi connectivity index (χ1) is 3.43. The van der Waals surface area contributed by atoms with E-state index in [2.05, 4.69) is 14.2 Å². The lowest BCUT2D eigenvalue weighted by Crippen LogP contribution is -1.72. The summed E-state index contributed by atoms with van der Waals surface area (Å²) in [7, 11) is 0. The van der Waals surface area contributed by atoms with Gasteiger partial charge in [0.1, 0.15) is 6.33 Å². The lowest BCUT2D eigenvalue weighted by atomic mass is 11.2. The lowest BCUT2D eigenvalue weighted by molar-refractivity contribution is 1.33. The Hall–Kier alpha value is -0.350. The van der Waals surface area contributed by atoms with Gasteiger partial charge in [-0.3, -0.25) is 4.84 Å². The second-order valence-corrected chi connectivity index (χ2v) is 1.81. The Morgan fingerprint density at radius 1 is 1.86 bits per heavy atom. The Balaban J connectivity index is 2.76. The SMILES string of the molecule is ClNc1ncns1. The van der Waals surface area contributed by atoms with Crippen LogP contribution in [0.1, 0.15) is 0 Å². The maximum absolute atomic E-state index is 5.13. The highest BCUT2D eigenvalue weighted by Gasteiger charge is 1.86. The molecule has 1 aromatic rings. The predicted molar refractivity (Wildman–Crippen MR) is 29.4 cm³/mol. The Morgan fingerprint density at radius 2 is 2.71 bits per heavy atom. The molecule has 1 rings (SSSR count). The van der Waals surface area contributed by atoms with Crippen LogP contribution in [-0.4, -0.2) is 9.36 Å². The van der Waals surface area contributed by atoms with Gasteiger partial charge in [0.15, 0.2) is 0 Å². The fourth-order valence-electron chi connectivity index (χ4n) is 0.215. The van der Waals surface area contributed by atoms with Crippen LogP contribution in [0.2, 0.25) is 0 Å². The average molecular weight is 136 g/mol. The molecule has 1 N–H and O–H groups in total. The highest BCUT2D eigenvalue weighted by Crippen LogP contribution is 2.05. The monoisotopic (exact) mass is 135 g/mol. The van der Waals surface area contributed by atoms with E-state index in [0.29, 0.717) is 5.13 Å². The summed E-state index contributed by atoms with van der Waals surface area (Å²) < 4.78 is 3.68. The van der Waals surface area contributed by atoms with E-state index < -0.39 is 0 Å². The Kier molecular flexibility index (Phi) is 1.43. The topological polar surface area (TPSA) is 37.8 Å². The number of halogens is 1. The Labute approximate surface area is 49.6 Å². The highest BCUT2D eigenvalue weighted by atomic mass is 35.5. The molecule has 0 unspecified atom stereocenters. The molecule has 0 saturated carbocycles. The largest absolute Gasteiger partial charge is 0.273 e. The van der Waals surface area contributed by atoms with E-state index in [4.69, 9.17) is 11.8 Å². The molecular formula is C2H2ClN3S. The number of hydrogen-bond donors (Lipinski definition) is 1. The van der Waals surface area contributed by atoms with Gasteiger partial charge in [-0.2, -0.15) is 4.37 Å². The summed E-state index contributed by atoms with van der Waals surface area (Å²) in [6.07, 6.45) is 1.44. The van der Waals surface area contributed by atoms with Crippen molar-refractivity contribution in [3.63, 3.8) is 0 Å². The molecule has 0 spiro atoms. The van der Waals surface area contributed by atoms with Crippen LogP contribution in [0, 0.1) is 0 Å². The van der Waals surface area contributed by atoms with Crippen molar-refractivity contribution in [3.8, 4) is 0 Å². The van der Waals surface area contributed by atoms with Crippen LogP contribution in [0.4, 0.5) is 5.13 Å². The number of hydrogen-bond acceptors (Lipinski definition) is 4. The molecule has 0 bridgehead atoms. The molecule has 0 aliphatic heterocycles. The van der Waals surface area contributed by atoms with Crippen LogP contribution >= 0.6 is 23.3 Å². The zero-order valence-corrected chi connectivity index (χ0v) is 4.83. The number of anilines is 1. The second kappa shape index (κ2) is 2.09. The molecule has 0 aromatic carbocycles. The van der Waals surface area contributed by atoms with Gasteiger partial charge in [-0.25, -0.2) is 4.98 Å². The molecule has 0 aliphatic carbocycles. The van der Waals surface area contributed by atoms with Crippen molar-refractivity contribution < 1.29 is 0 Å². The van der Waals surface area contributed by atoms with Gasteiger partial charge in [0.2, 0.25) is 5.13 Å². The van der Waals surface area contributed by atoms with Gasteiger partial charge in [-0.15, -0.1) is 0 Å². The Bertz CT molecular complexity index is 127. The van der Waals surface area contributed by atoms with Crippen molar-refractivity contribution in [2.24, 2.45) is 0 Å². The summed E-state index contributed by atoms with van der Waals surface area (Å²) in [5.74, 6) is 0. The van der Waals surface area contributed by atoms with Gasteiger partial charge in [0.25, 0.3) is 0 Å². The third-order valence-corrected chi connectivity index (χ3v) is 1.31.